The fourth-order valence-electron chi connectivity index (χ4n) is 1.70. The third-order valence-corrected chi connectivity index (χ3v) is 3.58. The van der Waals surface area contributed by atoms with Gasteiger partial charge >= 0.3 is 0 Å². The van der Waals surface area contributed by atoms with Gasteiger partial charge in [0.05, 0.1) is 18.0 Å². The van der Waals surface area contributed by atoms with E-state index in [0.717, 1.165) is 21.4 Å². The Bertz CT molecular complexity index is 604. The maximum Gasteiger partial charge on any atom is 0.144 e. The second-order valence-corrected chi connectivity index (χ2v) is 5.51. The summed E-state index contributed by atoms with van der Waals surface area (Å²) in [6, 6.07) is 10.1. The number of ether oxygens (including phenoxy) is 1. The molecule has 0 fully saturated rings. The average Bonchev–Trinajstić information content (AvgIpc) is 2.42. The van der Waals surface area contributed by atoms with Crippen molar-refractivity contribution in [2.24, 2.45) is 0 Å². The number of nitrogens with two attached hydrogens (primary N) is 1. The maximum atomic E-state index is 13.1. The zero-order valence-corrected chi connectivity index (χ0v) is 13.3. The van der Waals surface area contributed by atoms with Crippen LogP contribution in [0.1, 0.15) is 13.3 Å². The van der Waals surface area contributed by atoms with Gasteiger partial charge in [0.25, 0.3) is 0 Å². The number of nitrogens with one attached hydrogen (secondary N) is 1. The monoisotopic (exact) mass is 386 g/mol. The largest absolute Gasteiger partial charge is 0.491 e. The summed E-state index contributed by atoms with van der Waals surface area (Å²) in [7, 11) is 0. The molecule has 0 radical (unpaired) electrons. The SMILES string of the molecule is CCCOc1cc(Nc2ccc(F)cc2I)ccc1N. The highest BCUT2D eigenvalue weighted by Gasteiger charge is 2.05. The standard InChI is InChI=1S/C15H16FIN2O/c1-2-7-20-15-9-11(4-5-13(15)18)19-14-6-3-10(16)8-12(14)17/h3-6,8-9,19H,2,7,18H2,1H3. The van der Waals surface area contributed by atoms with Gasteiger partial charge in [0.15, 0.2) is 0 Å². The van der Waals surface area contributed by atoms with E-state index in [9.17, 15) is 4.39 Å². The first-order valence-electron chi connectivity index (χ1n) is 6.34. The van der Waals surface area contributed by atoms with Crippen LogP contribution in [0, 0.1) is 9.39 Å². The molecule has 3 nitrogen and oxygen atoms in total. The molecule has 5 heteroatoms. The topological polar surface area (TPSA) is 47.3 Å². The lowest BCUT2D eigenvalue weighted by atomic mass is 10.2. The lowest BCUT2D eigenvalue weighted by Crippen LogP contribution is -2.00. The van der Waals surface area contributed by atoms with Crippen molar-refractivity contribution >= 4 is 39.7 Å². The number of hydrogen-bond donors (Lipinski definition) is 2. The van der Waals surface area contributed by atoms with Gasteiger partial charge in [-0.2, -0.15) is 0 Å². The summed E-state index contributed by atoms with van der Waals surface area (Å²) >= 11 is 2.09. The van der Waals surface area contributed by atoms with Crippen molar-refractivity contribution in [1.29, 1.82) is 0 Å². The predicted octanol–water partition coefficient (Wildman–Crippen LogP) is 4.54. The van der Waals surface area contributed by atoms with E-state index in [0.29, 0.717) is 18.0 Å². The van der Waals surface area contributed by atoms with Crippen molar-refractivity contribution in [3.05, 3.63) is 45.8 Å². The summed E-state index contributed by atoms with van der Waals surface area (Å²) in [6.45, 7) is 2.67. The van der Waals surface area contributed by atoms with Crippen LogP contribution < -0.4 is 15.8 Å². The van der Waals surface area contributed by atoms with E-state index < -0.39 is 0 Å². The Morgan fingerprint density at radius 2 is 2.05 bits per heavy atom. The van der Waals surface area contributed by atoms with Crippen LogP contribution in [0.4, 0.5) is 21.5 Å². The molecule has 2 rings (SSSR count). The van der Waals surface area contributed by atoms with Crippen molar-refractivity contribution in [2.75, 3.05) is 17.7 Å². The molecule has 0 bridgehead atoms. The van der Waals surface area contributed by atoms with E-state index in [1.54, 1.807) is 12.1 Å². The molecule has 0 saturated carbocycles. The lowest BCUT2D eigenvalue weighted by Gasteiger charge is -2.12. The van der Waals surface area contributed by atoms with Crippen molar-refractivity contribution in [2.45, 2.75) is 13.3 Å². The van der Waals surface area contributed by atoms with Crippen molar-refractivity contribution in [3.63, 3.8) is 0 Å². The van der Waals surface area contributed by atoms with Gasteiger partial charge in [-0.1, -0.05) is 6.92 Å². The Kier molecular flexibility index (Phi) is 5.05. The van der Waals surface area contributed by atoms with Crippen LogP contribution in [-0.4, -0.2) is 6.61 Å². The molecule has 0 aliphatic carbocycles. The number of hydrogen-bond acceptors (Lipinski definition) is 3. The molecule has 0 saturated heterocycles. The van der Waals surface area contributed by atoms with E-state index in [-0.39, 0.29) is 5.82 Å². The van der Waals surface area contributed by atoms with E-state index >= 15 is 0 Å². The second kappa shape index (κ2) is 6.78. The molecule has 0 spiro atoms. The zero-order chi connectivity index (χ0) is 14.5. The number of rotatable bonds is 5. The summed E-state index contributed by atoms with van der Waals surface area (Å²) < 4.78 is 19.5. The molecule has 0 amide bonds. The van der Waals surface area contributed by atoms with Crippen LogP contribution in [-0.2, 0) is 0 Å². The third kappa shape index (κ3) is 3.75. The van der Waals surface area contributed by atoms with Crippen molar-refractivity contribution < 1.29 is 9.13 Å². The number of halogens is 2. The molecule has 0 unspecified atom stereocenters. The quantitative estimate of drug-likeness (QED) is 0.586. The summed E-state index contributed by atoms with van der Waals surface area (Å²) in [4.78, 5) is 0. The van der Waals surface area contributed by atoms with Gasteiger partial charge in [-0.05, 0) is 59.3 Å². The minimum Gasteiger partial charge on any atom is -0.491 e. The van der Waals surface area contributed by atoms with E-state index in [2.05, 4.69) is 27.9 Å². The molecule has 3 N–H and O–H groups in total. The number of nitrogen functional groups attached to an aromatic ring is 1. The molecule has 20 heavy (non-hydrogen) atoms. The first-order chi connectivity index (χ1) is 9.60. The lowest BCUT2D eigenvalue weighted by molar-refractivity contribution is 0.319. The van der Waals surface area contributed by atoms with Gasteiger partial charge < -0.3 is 15.8 Å². The highest BCUT2D eigenvalue weighted by atomic mass is 127. The molecule has 2 aromatic rings. The summed E-state index contributed by atoms with van der Waals surface area (Å²) in [5.74, 6) is 0.415. The van der Waals surface area contributed by atoms with E-state index in [1.165, 1.54) is 12.1 Å². The van der Waals surface area contributed by atoms with Crippen LogP contribution in [0.5, 0.6) is 5.75 Å². The highest BCUT2D eigenvalue weighted by Crippen LogP contribution is 2.29. The Balaban J connectivity index is 2.20. The fourth-order valence-corrected chi connectivity index (χ4v) is 2.31. The Hall–Kier alpha value is -1.50. The Labute approximate surface area is 131 Å². The fraction of sp³-hybridized carbons (Fsp3) is 0.200. The third-order valence-electron chi connectivity index (χ3n) is 2.69. The minimum absolute atomic E-state index is 0.246. The summed E-state index contributed by atoms with van der Waals surface area (Å²) in [5, 5.41) is 3.23. The molecule has 0 aliphatic rings. The molecular weight excluding hydrogens is 370 g/mol. The van der Waals surface area contributed by atoms with Gasteiger partial charge in [-0.25, -0.2) is 4.39 Å². The van der Waals surface area contributed by atoms with E-state index in [1.807, 2.05) is 19.1 Å². The normalized spacial score (nSPS) is 10.3. The first-order valence-corrected chi connectivity index (χ1v) is 7.42. The number of benzene rings is 2. The maximum absolute atomic E-state index is 13.1. The summed E-state index contributed by atoms with van der Waals surface area (Å²) in [6.07, 6.45) is 0.924. The highest BCUT2D eigenvalue weighted by molar-refractivity contribution is 14.1. The predicted molar refractivity (Wildman–Crippen MR) is 89.0 cm³/mol. The summed E-state index contributed by atoms with van der Waals surface area (Å²) in [5.41, 5.74) is 8.18. The first kappa shape index (κ1) is 14.9. The zero-order valence-electron chi connectivity index (χ0n) is 11.1. The van der Waals surface area contributed by atoms with Crippen LogP contribution in [0.15, 0.2) is 36.4 Å². The van der Waals surface area contributed by atoms with Crippen LogP contribution in [0.2, 0.25) is 0 Å². The van der Waals surface area contributed by atoms with Gasteiger partial charge in [-0.15, -0.1) is 0 Å². The molecule has 0 heterocycles. The van der Waals surface area contributed by atoms with Crippen molar-refractivity contribution in [1.82, 2.24) is 0 Å². The van der Waals surface area contributed by atoms with Crippen LogP contribution >= 0.6 is 22.6 Å². The van der Waals surface area contributed by atoms with E-state index in [4.69, 9.17) is 10.5 Å². The van der Waals surface area contributed by atoms with Gasteiger partial charge in [-0.3, -0.25) is 0 Å². The minimum atomic E-state index is -0.246. The molecule has 2 aromatic carbocycles. The number of anilines is 3. The Morgan fingerprint density at radius 3 is 2.75 bits per heavy atom. The molecular formula is C15H16FIN2O. The van der Waals surface area contributed by atoms with Gasteiger partial charge in [0, 0.05) is 15.3 Å². The van der Waals surface area contributed by atoms with Crippen LogP contribution in [0.3, 0.4) is 0 Å². The smallest absolute Gasteiger partial charge is 0.144 e. The molecule has 106 valence electrons. The second-order valence-electron chi connectivity index (χ2n) is 4.35. The average molecular weight is 386 g/mol. The van der Waals surface area contributed by atoms with Gasteiger partial charge in [0.1, 0.15) is 11.6 Å². The Morgan fingerprint density at radius 1 is 1.25 bits per heavy atom. The molecule has 0 aliphatic heterocycles. The molecule has 0 aromatic heterocycles. The molecule has 0 atom stereocenters. The van der Waals surface area contributed by atoms with Gasteiger partial charge in [0.2, 0.25) is 0 Å². The van der Waals surface area contributed by atoms with Crippen LogP contribution in [0.25, 0.3) is 0 Å². The van der Waals surface area contributed by atoms with Crippen molar-refractivity contribution in [3.8, 4) is 5.75 Å².